The highest BCUT2D eigenvalue weighted by Gasteiger charge is 2.27. The zero-order valence-corrected chi connectivity index (χ0v) is 18.2. The molecule has 0 aromatic heterocycles. The molecule has 33 heavy (non-hydrogen) atoms. The third kappa shape index (κ3) is 4.52. The number of allylic oxidation sites excluding steroid dienone is 1. The van der Waals surface area contributed by atoms with E-state index >= 15 is 0 Å². The Balaban J connectivity index is 1.30. The Kier molecular flexibility index (Phi) is 5.68. The lowest BCUT2D eigenvalue weighted by atomic mass is 10.0. The van der Waals surface area contributed by atoms with Crippen molar-refractivity contribution < 1.29 is 18.7 Å². The number of Topliss-reactive ketones (excluding diaryl/α,β-unsaturated/α-hetero) is 1. The number of fused-ring (bicyclic) bond motifs is 1. The molecule has 0 fully saturated rings. The minimum atomic E-state index is -0.401. The molecule has 0 amide bonds. The van der Waals surface area contributed by atoms with E-state index in [9.17, 15) is 9.18 Å². The first kappa shape index (κ1) is 21.0. The lowest BCUT2D eigenvalue weighted by Crippen LogP contribution is -1.98. The zero-order chi connectivity index (χ0) is 22.8. The van der Waals surface area contributed by atoms with Crippen molar-refractivity contribution in [2.24, 2.45) is 0 Å². The van der Waals surface area contributed by atoms with Crippen molar-refractivity contribution in [3.8, 4) is 22.6 Å². The molecule has 0 atom stereocenters. The molecule has 0 spiro atoms. The number of hydrogen-bond acceptors (Lipinski definition) is 3. The molecule has 0 radical (unpaired) electrons. The maximum absolute atomic E-state index is 13.2. The van der Waals surface area contributed by atoms with Gasteiger partial charge in [-0.05, 0) is 47.0 Å². The van der Waals surface area contributed by atoms with Gasteiger partial charge >= 0.3 is 0 Å². The van der Waals surface area contributed by atoms with Crippen LogP contribution in [-0.2, 0) is 6.61 Å². The smallest absolute Gasteiger partial charge is 0.231 e. The monoisotopic (exact) mass is 456 g/mol. The summed E-state index contributed by atoms with van der Waals surface area (Å²) in [6.45, 7) is 0.169. The van der Waals surface area contributed by atoms with Gasteiger partial charge in [-0.25, -0.2) is 4.39 Å². The van der Waals surface area contributed by atoms with Crippen LogP contribution in [0.3, 0.4) is 0 Å². The molecule has 5 rings (SSSR count). The first-order valence-corrected chi connectivity index (χ1v) is 10.8. The molecule has 1 heterocycles. The van der Waals surface area contributed by atoms with Crippen LogP contribution in [0, 0.1) is 5.82 Å². The van der Waals surface area contributed by atoms with E-state index in [0.29, 0.717) is 27.6 Å². The van der Waals surface area contributed by atoms with Crippen molar-refractivity contribution in [1.82, 2.24) is 0 Å². The molecule has 4 aromatic carbocycles. The van der Waals surface area contributed by atoms with Gasteiger partial charge in [-0.2, -0.15) is 0 Å². The third-order valence-electron chi connectivity index (χ3n) is 5.37. The van der Waals surface area contributed by atoms with Crippen LogP contribution in [0.2, 0.25) is 5.02 Å². The highest BCUT2D eigenvalue weighted by atomic mass is 35.5. The van der Waals surface area contributed by atoms with E-state index in [-0.39, 0.29) is 18.1 Å². The van der Waals surface area contributed by atoms with Crippen LogP contribution in [0.1, 0.15) is 21.5 Å². The van der Waals surface area contributed by atoms with E-state index in [2.05, 4.69) is 12.1 Å². The summed E-state index contributed by atoms with van der Waals surface area (Å²) in [5, 5.41) is 0.297. The fourth-order valence-corrected chi connectivity index (χ4v) is 3.83. The van der Waals surface area contributed by atoms with Gasteiger partial charge in [0.2, 0.25) is 5.78 Å². The number of halogens is 2. The van der Waals surface area contributed by atoms with Crippen molar-refractivity contribution in [2.45, 2.75) is 6.61 Å². The predicted octanol–water partition coefficient (Wildman–Crippen LogP) is 7.34. The van der Waals surface area contributed by atoms with Gasteiger partial charge in [0.1, 0.15) is 23.9 Å². The number of ether oxygens (including phenoxy) is 2. The Morgan fingerprint density at radius 3 is 2.39 bits per heavy atom. The molecule has 1 aliphatic rings. The molecular formula is C28H18ClFO3. The van der Waals surface area contributed by atoms with Gasteiger partial charge in [0.15, 0.2) is 5.76 Å². The minimum absolute atomic E-state index is 0.169. The van der Waals surface area contributed by atoms with Gasteiger partial charge in [-0.15, -0.1) is 0 Å². The normalized spacial score (nSPS) is 13.6. The van der Waals surface area contributed by atoms with Crippen LogP contribution in [0.4, 0.5) is 4.39 Å². The fourth-order valence-electron chi connectivity index (χ4n) is 3.61. The molecular weight excluding hydrogens is 439 g/mol. The van der Waals surface area contributed by atoms with Crippen LogP contribution in [-0.4, -0.2) is 5.78 Å². The first-order chi connectivity index (χ1) is 16.1. The molecule has 162 valence electrons. The Labute approximate surface area is 195 Å². The average molecular weight is 457 g/mol. The largest absolute Gasteiger partial charge is 0.489 e. The Bertz CT molecular complexity index is 1360. The summed E-state index contributed by atoms with van der Waals surface area (Å²) < 4.78 is 24.8. The van der Waals surface area contributed by atoms with Crippen LogP contribution in [0.5, 0.6) is 11.5 Å². The Morgan fingerprint density at radius 1 is 0.879 bits per heavy atom. The van der Waals surface area contributed by atoms with Gasteiger partial charge < -0.3 is 9.47 Å². The van der Waals surface area contributed by atoms with E-state index in [1.165, 1.54) is 12.1 Å². The fraction of sp³-hybridized carbons (Fsp3) is 0.0357. The third-order valence-corrected chi connectivity index (χ3v) is 5.72. The Hall–Kier alpha value is -3.89. The number of carbonyl (C=O) groups is 1. The maximum Gasteiger partial charge on any atom is 0.231 e. The lowest BCUT2D eigenvalue weighted by Gasteiger charge is -2.08. The van der Waals surface area contributed by atoms with E-state index < -0.39 is 5.82 Å². The molecule has 4 aromatic rings. The van der Waals surface area contributed by atoms with E-state index in [1.807, 2.05) is 42.5 Å². The van der Waals surface area contributed by atoms with Crippen LogP contribution in [0.25, 0.3) is 17.2 Å². The molecule has 0 unspecified atom stereocenters. The zero-order valence-electron chi connectivity index (χ0n) is 17.4. The molecule has 0 saturated carbocycles. The van der Waals surface area contributed by atoms with Gasteiger partial charge in [0.25, 0.3) is 0 Å². The second-order valence-corrected chi connectivity index (χ2v) is 8.02. The summed E-state index contributed by atoms with van der Waals surface area (Å²) in [6, 6.07) is 27.2. The van der Waals surface area contributed by atoms with Crippen LogP contribution >= 0.6 is 11.6 Å². The summed E-state index contributed by atoms with van der Waals surface area (Å²) in [4.78, 5) is 12.8. The number of rotatable bonds is 5. The Morgan fingerprint density at radius 2 is 1.64 bits per heavy atom. The standard InChI is InChI=1S/C28H18ClFO3/c29-25-15-22(30)11-10-21(25)17-32-23-12-13-24-26(16-23)33-27(28(24)31)14-18-6-8-20(9-7-18)19-4-2-1-3-5-19/h1-16H,17H2. The number of ketones is 1. The van der Waals surface area contributed by atoms with Crippen LogP contribution in [0.15, 0.2) is 96.8 Å². The minimum Gasteiger partial charge on any atom is -0.489 e. The van der Waals surface area contributed by atoms with Crippen molar-refractivity contribution >= 4 is 23.5 Å². The highest BCUT2D eigenvalue weighted by Crippen LogP contribution is 2.35. The molecule has 0 saturated heterocycles. The number of hydrogen-bond donors (Lipinski definition) is 0. The summed E-state index contributed by atoms with van der Waals surface area (Å²) >= 11 is 6.05. The predicted molar refractivity (Wildman–Crippen MR) is 127 cm³/mol. The summed E-state index contributed by atoms with van der Waals surface area (Å²) in [6.07, 6.45) is 1.73. The van der Waals surface area contributed by atoms with Gasteiger partial charge in [-0.1, -0.05) is 72.3 Å². The van der Waals surface area contributed by atoms with Gasteiger partial charge in [-0.3, -0.25) is 4.79 Å². The summed E-state index contributed by atoms with van der Waals surface area (Å²) in [5.74, 6) is 0.647. The quantitative estimate of drug-likeness (QED) is 0.295. The van der Waals surface area contributed by atoms with Gasteiger partial charge in [0, 0.05) is 11.6 Å². The van der Waals surface area contributed by atoms with Crippen molar-refractivity contribution in [1.29, 1.82) is 0 Å². The van der Waals surface area contributed by atoms with Gasteiger partial charge in [0.05, 0.1) is 10.6 Å². The van der Waals surface area contributed by atoms with E-state index in [1.54, 1.807) is 30.3 Å². The number of carbonyl (C=O) groups excluding carboxylic acids is 1. The maximum atomic E-state index is 13.2. The molecule has 0 aliphatic carbocycles. The van der Waals surface area contributed by atoms with Crippen molar-refractivity contribution in [3.05, 3.63) is 124 Å². The molecule has 3 nitrogen and oxygen atoms in total. The molecule has 5 heteroatoms. The first-order valence-electron chi connectivity index (χ1n) is 10.4. The molecule has 0 N–H and O–H groups in total. The lowest BCUT2D eigenvalue weighted by molar-refractivity contribution is 0.101. The second kappa shape index (κ2) is 8.93. The molecule has 0 bridgehead atoms. The topological polar surface area (TPSA) is 35.5 Å². The average Bonchev–Trinajstić information content (AvgIpc) is 3.14. The summed E-state index contributed by atoms with van der Waals surface area (Å²) in [5.41, 5.74) is 4.24. The number of benzene rings is 4. The highest BCUT2D eigenvalue weighted by molar-refractivity contribution is 6.31. The van der Waals surface area contributed by atoms with E-state index in [0.717, 1.165) is 16.7 Å². The van der Waals surface area contributed by atoms with Crippen molar-refractivity contribution in [2.75, 3.05) is 0 Å². The van der Waals surface area contributed by atoms with Crippen molar-refractivity contribution in [3.63, 3.8) is 0 Å². The SMILES string of the molecule is O=C1C(=Cc2ccc(-c3ccccc3)cc2)Oc2cc(OCc3ccc(F)cc3Cl)ccc21. The summed E-state index contributed by atoms with van der Waals surface area (Å²) in [7, 11) is 0. The van der Waals surface area contributed by atoms with E-state index in [4.69, 9.17) is 21.1 Å². The van der Waals surface area contributed by atoms with Crippen LogP contribution < -0.4 is 9.47 Å². The second-order valence-electron chi connectivity index (χ2n) is 7.61. The molecule has 1 aliphatic heterocycles.